The van der Waals surface area contributed by atoms with Crippen molar-refractivity contribution in [3.8, 4) is 0 Å². The normalized spacial score (nSPS) is 10.6. The van der Waals surface area contributed by atoms with Crippen molar-refractivity contribution in [3.63, 3.8) is 0 Å². The lowest BCUT2D eigenvalue weighted by atomic mass is 10.3. The van der Waals surface area contributed by atoms with E-state index in [4.69, 9.17) is 0 Å². The maximum absolute atomic E-state index is 4.42. The average molecular weight is 248 g/mol. The summed E-state index contributed by atoms with van der Waals surface area (Å²) in [5.41, 5.74) is 2.33. The summed E-state index contributed by atoms with van der Waals surface area (Å²) in [6, 6.07) is 0. The van der Waals surface area contributed by atoms with Gasteiger partial charge in [-0.25, -0.2) is 9.67 Å². The molecule has 0 aliphatic rings. The van der Waals surface area contributed by atoms with Crippen LogP contribution in [-0.2, 0) is 13.0 Å². The van der Waals surface area contributed by atoms with Gasteiger partial charge in [0, 0.05) is 42.9 Å². The van der Waals surface area contributed by atoms with Gasteiger partial charge in [-0.2, -0.15) is 5.10 Å². The van der Waals surface area contributed by atoms with Crippen LogP contribution in [0.4, 0.5) is 0 Å². The zero-order valence-corrected chi connectivity index (χ0v) is 10.7. The fourth-order valence-corrected chi connectivity index (χ4v) is 2.19. The van der Waals surface area contributed by atoms with Gasteiger partial charge in [0.05, 0.1) is 16.9 Å². The van der Waals surface area contributed by atoms with Crippen molar-refractivity contribution in [1.29, 1.82) is 0 Å². The highest BCUT2D eigenvalue weighted by Gasteiger charge is 1.99. The van der Waals surface area contributed by atoms with Crippen molar-refractivity contribution in [2.45, 2.75) is 19.9 Å². The minimum atomic E-state index is 0.830. The first kappa shape index (κ1) is 12.0. The predicted molar refractivity (Wildman–Crippen MR) is 70.9 cm³/mol. The Kier molecular flexibility index (Phi) is 4.06. The molecule has 0 radical (unpaired) electrons. The molecule has 0 bridgehead atoms. The van der Waals surface area contributed by atoms with Gasteiger partial charge >= 0.3 is 0 Å². The van der Waals surface area contributed by atoms with E-state index in [1.807, 2.05) is 19.3 Å². The van der Waals surface area contributed by atoms with Crippen LogP contribution in [-0.4, -0.2) is 21.3 Å². The summed E-state index contributed by atoms with van der Waals surface area (Å²) in [4.78, 5) is 4.42. The first-order valence-electron chi connectivity index (χ1n) is 5.55. The van der Waals surface area contributed by atoms with Gasteiger partial charge in [0.1, 0.15) is 0 Å². The number of hydrogen-bond acceptors (Lipinski definition) is 4. The first-order chi connectivity index (χ1) is 8.28. The molecular weight excluding hydrogens is 232 g/mol. The second-order valence-electron chi connectivity index (χ2n) is 3.80. The van der Waals surface area contributed by atoms with Gasteiger partial charge in [-0.1, -0.05) is 6.58 Å². The number of aromatic nitrogens is 3. The van der Waals surface area contributed by atoms with E-state index in [9.17, 15) is 0 Å². The SMILES string of the molecule is C=Cn1cc(CNCCc2csc(C)n2)cn1. The Morgan fingerprint density at radius 2 is 2.47 bits per heavy atom. The minimum Gasteiger partial charge on any atom is -0.312 e. The molecule has 2 aromatic heterocycles. The topological polar surface area (TPSA) is 42.7 Å². The molecule has 0 aliphatic heterocycles. The Balaban J connectivity index is 1.71. The maximum atomic E-state index is 4.42. The van der Waals surface area contributed by atoms with Crippen LogP contribution < -0.4 is 5.32 Å². The summed E-state index contributed by atoms with van der Waals surface area (Å²) in [7, 11) is 0. The summed E-state index contributed by atoms with van der Waals surface area (Å²) in [6.07, 6.45) is 6.47. The zero-order chi connectivity index (χ0) is 12.1. The lowest BCUT2D eigenvalue weighted by Gasteiger charge is -2.00. The number of rotatable bonds is 6. The second-order valence-corrected chi connectivity index (χ2v) is 4.86. The monoisotopic (exact) mass is 248 g/mol. The zero-order valence-electron chi connectivity index (χ0n) is 9.89. The first-order valence-corrected chi connectivity index (χ1v) is 6.43. The van der Waals surface area contributed by atoms with Gasteiger partial charge < -0.3 is 5.32 Å². The van der Waals surface area contributed by atoms with E-state index < -0.39 is 0 Å². The Hall–Kier alpha value is -1.46. The van der Waals surface area contributed by atoms with Crippen LogP contribution in [0.15, 0.2) is 24.4 Å². The van der Waals surface area contributed by atoms with E-state index >= 15 is 0 Å². The van der Waals surface area contributed by atoms with E-state index in [0.717, 1.165) is 24.5 Å². The van der Waals surface area contributed by atoms with E-state index in [-0.39, 0.29) is 0 Å². The van der Waals surface area contributed by atoms with E-state index in [1.54, 1.807) is 22.2 Å². The van der Waals surface area contributed by atoms with E-state index in [0.29, 0.717) is 0 Å². The number of hydrogen-bond donors (Lipinski definition) is 1. The molecule has 4 nitrogen and oxygen atoms in total. The highest BCUT2D eigenvalue weighted by molar-refractivity contribution is 7.09. The molecule has 90 valence electrons. The lowest BCUT2D eigenvalue weighted by molar-refractivity contribution is 0.681. The molecule has 0 unspecified atom stereocenters. The van der Waals surface area contributed by atoms with Gasteiger partial charge in [-0.15, -0.1) is 11.3 Å². The van der Waals surface area contributed by atoms with E-state index in [1.165, 1.54) is 11.3 Å². The fourth-order valence-electron chi connectivity index (χ4n) is 1.54. The Labute approximate surface area is 105 Å². The lowest BCUT2D eigenvalue weighted by Crippen LogP contribution is -2.16. The minimum absolute atomic E-state index is 0.830. The number of nitrogens with one attached hydrogen (secondary N) is 1. The third kappa shape index (κ3) is 3.51. The van der Waals surface area contributed by atoms with Crippen molar-refractivity contribution >= 4 is 17.5 Å². The van der Waals surface area contributed by atoms with Crippen molar-refractivity contribution < 1.29 is 0 Å². The number of aryl methyl sites for hydroxylation is 1. The molecule has 2 aromatic rings. The Morgan fingerprint density at radius 1 is 1.59 bits per heavy atom. The molecule has 0 fully saturated rings. The Morgan fingerprint density at radius 3 is 3.12 bits per heavy atom. The molecule has 0 amide bonds. The summed E-state index contributed by atoms with van der Waals surface area (Å²) >= 11 is 1.70. The summed E-state index contributed by atoms with van der Waals surface area (Å²) in [6.45, 7) is 7.45. The number of nitrogens with zero attached hydrogens (tertiary/aromatic N) is 3. The maximum Gasteiger partial charge on any atom is 0.0897 e. The van der Waals surface area contributed by atoms with Crippen molar-refractivity contribution in [2.75, 3.05) is 6.54 Å². The largest absolute Gasteiger partial charge is 0.312 e. The van der Waals surface area contributed by atoms with Crippen molar-refractivity contribution in [3.05, 3.63) is 40.6 Å². The number of thiazole rings is 1. The molecule has 2 rings (SSSR count). The van der Waals surface area contributed by atoms with Crippen LogP contribution in [0.5, 0.6) is 0 Å². The summed E-state index contributed by atoms with van der Waals surface area (Å²) in [5, 5.41) is 10.7. The third-order valence-electron chi connectivity index (χ3n) is 2.40. The van der Waals surface area contributed by atoms with Crippen LogP contribution in [0.1, 0.15) is 16.3 Å². The third-order valence-corrected chi connectivity index (χ3v) is 3.22. The molecule has 2 heterocycles. The van der Waals surface area contributed by atoms with Gasteiger partial charge in [0.25, 0.3) is 0 Å². The van der Waals surface area contributed by atoms with Crippen LogP contribution in [0.3, 0.4) is 0 Å². The molecule has 0 spiro atoms. The molecular formula is C12H16N4S. The molecule has 0 saturated carbocycles. The van der Waals surface area contributed by atoms with Crippen LogP contribution in [0, 0.1) is 6.92 Å². The highest BCUT2D eigenvalue weighted by Crippen LogP contribution is 2.07. The average Bonchev–Trinajstić information content (AvgIpc) is 2.93. The molecule has 17 heavy (non-hydrogen) atoms. The van der Waals surface area contributed by atoms with Crippen LogP contribution in [0.2, 0.25) is 0 Å². The molecule has 0 aliphatic carbocycles. The van der Waals surface area contributed by atoms with Gasteiger partial charge in [0.2, 0.25) is 0 Å². The predicted octanol–water partition coefficient (Wildman–Crippen LogP) is 2.08. The molecule has 0 saturated heterocycles. The molecule has 0 atom stereocenters. The summed E-state index contributed by atoms with van der Waals surface area (Å²) < 4.78 is 1.71. The Bertz CT molecular complexity index is 486. The molecule has 0 aromatic carbocycles. The van der Waals surface area contributed by atoms with Gasteiger partial charge in [-0.3, -0.25) is 0 Å². The quantitative estimate of drug-likeness (QED) is 0.796. The van der Waals surface area contributed by atoms with Crippen LogP contribution in [0.25, 0.3) is 6.20 Å². The standard InChI is InChI=1S/C12H16N4S/c1-3-16-8-11(7-14-16)6-13-5-4-12-9-17-10(2)15-12/h3,7-9,13H,1,4-6H2,2H3. The van der Waals surface area contributed by atoms with Crippen LogP contribution >= 0.6 is 11.3 Å². The summed E-state index contributed by atoms with van der Waals surface area (Å²) in [5.74, 6) is 0. The van der Waals surface area contributed by atoms with Gasteiger partial charge in [-0.05, 0) is 6.92 Å². The van der Waals surface area contributed by atoms with E-state index in [2.05, 4.69) is 27.4 Å². The van der Waals surface area contributed by atoms with Crippen molar-refractivity contribution in [1.82, 2.24) is 20.1 Å². The molecule has 5 heteroatoms. The molecule has 1 N–H and O–H groups in total. The van der Waals surface area contributed by atoms with Gasteiger partial charge in [0.15, 0.2) is 0 Å². The van der Waals surface area contributed by atoms with Crippen molar-refractivity contribution in [2.24, 2.45) is 0 Å². The second kappa shape index (κ2) is 5.75. The fraction of sp³-hybridized carbons (Fsp3) is 0.333. The highest BCUT2D eigenvalue weighted by atomic mass is 32.1. The smallest absolute Gasteiger partial charge is 0.0897 e.